The van der Waals surface area contributed by atoms with Crippen molar-refractivity contribution < 1.29 is 4.79 Å². The minimum atomic E-state index is -0.0751. The zero-order chi connectivity index (χ0) is 13.7. The standard InChI is InChI=1S/C14H16ClN3O/c1-16-8-11-5-6-18(9-11)10-14(19)17-13-4-2-3-12(15)7-13/h2-7,9,16H,8,10H2,1H3,(H,17,19). The molecule has 2 N–H and O–H groups in total. The second-order valence-corrected chi connectivity index (χ2v) is 4.72. The molecule has 5 heteroatoms. The van der Waals surface area contributed by atoms with E-state index in [4.69, 9.17) is 11.6 Å². The summed E-state index contributed by atoms with van der Waals surface area (Å²) in [5.74, 6) is -0.0751. The van der Waals surface area contributed by atoms with Gasteiger partial charge >= 0.3 is 0 Å². The van der Waals surface area contributed by atoms with Crippen LogP contribution in [0.25, 0.3) is 0 Å². The molecule has 1 amide bonds. The quantitative estimate of drug-likeness (QED) is 0.882. The van der Waals surface area contributed by atoms with Gasteiger partial charge in [-0.15, -0.1) is 0 Å². The monoisotopic (exact) mass is 277 g/mol. The number of aromatic nitrogens is 1. The smallest absolute Gasteiger partial charge is 0.244 e. The van der Waals surface area contributed by atoms with Crippen molar-refractivity contribution in [3.8, 4) is 0 Å². The van der Waals surface area contributed by atoms with E-state index in [1.54, 1.807) is 18.2 Å². The largest absolute Gasteiger partial charge is 0.345 e. The fourth-order valence-corrected chi connectivity index (χ4v) is 2.02. The third kappa shape index (κ3) is 4.12. The number of nitrogens with one attached hydrogen (secondary N) is 2. The Balaban J connectivity index is 1.93. The Morgan fingerprint density at radius 3 is 2.95 bits per heavy atom. The maximum atomic E-state index is 11.9. The van der Waals surface area contributed by atoms with Gasteiger partial charge in [0.05, 0.1) is 0 Å². The molecule has 0 atom stereocenters. The van der Waals surface area contributed by atoms with Gasteiger partial charge in [0.2, 0.25) is 5.91 Å². The first-order valence-corrected chi connectivity index (χ1v) is 6.40. The number of carbonyl (C=O) groups excluding carboxylic acids is 1. The summed E-state index contributed by atoms with van der Waals surface area (Å²) in [6.45, 7) is 1.08. The minimum absolute atomic E-state index is 0.0751. The van der Waals surface area contributed by atoms with Crippen LogP contribution in [0.5, 0.6) is 0 Å². The van der Waals surface area contributed by atoms with E-state index in [1.165, 1.54) is 0 Å². The first kappa shape index (κ1) is 13.6. The van der Waals surface area contributed by atoms with Crippen LogP contribution in [0.3, 0.4) is 0 Å². The Hall–Kier alpha value is -1.78. The van der Waals surface area contributed by atoms with Gasteiger partial charge in [0.15, 0.2) is 0 Å². The lowest BCUT2D eigenvalue weighted by atomic mass is 10.3. The average molecular weight is 278 g/mol. The van der Waals surface area contributed by atoms with Crippen LogP contribution < -0.4 is 10.6 Å². The van der Waals surface area contributed by atoms with Gasteiger partial charge in [-0.05, 0) is 36.9 Å². The highest BCUT2D eigenvalue weighted by atomic mass is 35.5. The van der Waals surface area contributed by atoms with Gasteiger partial charge < -0.3 is 15.2 Å². The topological polar surface area (TPSA) is 46.1 Å². The van der Waals surface area contributed by atoms with E-state index in [9.17, 15) is 4.79 Å². The first-order chi connectivity index (χ1) is 9.17. The summed E-state index contributed by atoms with van der Waals surface area (Å²) in [5, 5.41) is 6.49. The molecule has 2 aromatic rings. The van der Waals surface area contributed by atoms with E-state index in [2.05, 4.69) is 10.6 Å². The summed E-state index contributed by atoms with van der Waals surface area (Å²) in [5.41, 5.74) is 1.86. The normalized spacial score (nSPS) is 10.4. The molecule has 0 unspecified atom stereocenters. The number of carbonyl (C=O) groups is 1. The van der Waals surface area contributed by atoms with Crippen molar-refractivity contribution in [2.75, 3.05) is 12.4 Å². The van der Waals surface area contributed by atoms with E-state index in [0.717, 1.165) is 12.1 Å². The SMILES string of the molecule is CNCc1ccn(CC(=O)Nc2cccc(Cl)c2)c1. The predicted molar refractivity (Wildman–Crippen MR) is 77.3 cm³/mol. The van der Waals surface area contributed by atoms with Gasteiger partial charge in [-0.1, -0.05) is 17.7 Å². The molecule has 0 bridgehead atoms. The first-order valence-electron chi connectivity index (χ1n) is 6.02. The second-order valence-electron chi connectivity index (χ2n) is 4.28. The number of rotatable bonds is 5. The zero-order valence-electron chi connectivity index (χ0n) is 10.7. The third-order valence-electron chi connectivity index (χ3n) is 2.63. The van der Waals surface area contributed by atoms with Crippen LogP contribution in [0.15, 0.2) is 42.7 Å². The summed E-state index contributed by atoms with van der Waals surface area (Å²) in [7, 11) is 1.89. The molecule has 0 aliphatic heterocycles. The van der Waals surface area contributed by atoms with Crippen LogP contribution in [0.4, 0.5) is 5.69 Å². The summed E-state index contributed by atoms with van der Waals surface area (Å²) in [4.78, 5) is 11.9. The lowest BCUT2D eigenvalue weighted by Gasteiger charge is -2.06. The molecule has 1 aromatic carbocycles. The highest BCUT2D eigenvalue weighted by molar-refractivity contribution is 6.30. The van der Waals surface area contributed by atoms with Crippen LogP contribution in [-0.4, -0.2) is 17.5 Å². The van der Waals surface area contributed by atoms with E-state index in [1.807, 2.05) is 36.1 Å². The molecule has 0 aliphatic carbocycles. The van der Waals surface area contributed by atoms with Crippen LogP contribution in [0.1, 0.15) is 5.56 Å². The summed E-state index contributed by atoms with van der Waals surface area (Å²) in [6, 6.07) is 9.10. The predicted octanol–water partition coefficient (Wildman–Crippen LogP) is 2.50. The van der Waals surface area contributed by atoms with Crippen LogP contribution in [0, 0.1) is 0 Å². The van der Waals surface area contributed by atoms with Gasteiger partial charge in [-0.25, -0.2) is 0 Å². The highest BCUT2D eigenvalue weighted by Gasteiger charge is 2.04. The maximum absolute atomic E-state index is 11.9. The Morgan fingerprint density at radius 2 is 2.21 bits per heavy atom. The fraction of sp³-hybridized carbons (Fsp3) is 0.214. The number of amides is 1. The lowest BCUT2D eigenvalue weighted by Crippen LogP contribution is -2.17. The molecule has 19 heavy (non-hydrogen) atoms. The molecular formula is C14H16ClN3O. The molecule has 0 saturated heterocycles. The zero-order valence-corrected chi connectivity index (χ0v) is 11.4. The van der Waals surface area contributed by atoms with E-state index >= 15 is 0 Å². The maximum Gasteiger partial charge on any atom is 0.244 e. The van der Waals surface area contributed by atoms with Crippen molar-refractivity contribution in [1.82, 2.24) is 9.88 Å². The summed E-state index contributed by atoms with van der Waals surface area (Å²) < 4.78 is 1.85. The molecule has 2 rings (SSSR count). The number of halogens is 1. The molecule has 0 saturated carbocycles. The molecule has 100 valence electrons. The average Bonchev–Trinajstić information content (AvgIpc) is 2.77. The Bertz CT molecular complexity index is 565. The Kier molecular flexibility index (Phi) is 4.60. The third-order valence-corrected chi connectivity index (χ3v) is 2.86. The van der Waals surface area contributed by atoms with Gasteiger partial charge in [0, 0.05) is 29.6 Å². The summed E-state index contributed by atoms with van der Waals surface area (Å²) in [6.07, 6.45) is 3.85. The Labute approximate surface area is 117 Å². The van der Waals surface area contributed by atoms with Crippen molar-refractivity contribution in [2.24, 2.45) is 0 Å². The number of nitrogens with zero attached hydrogens (tertiary/aromatic N) is 1. The van der Waals surface area contributed by atoms with Gasteiger partial charge in [-0.2, -0.15) is 0 Å². The van der Waals surface area contributed by atoms with Crippen LogP contribution >= 0.6 is 11.6 Å². The van der Waals surface area contributed by atoms with Gasteiger partial charge in [-0.3, -0.25) is 4.79 Å². The van der Waals surface area contributed by atoms with Crippen LogP contribution in [0.2, 0.25) is 5.02 Å². The number of hydrogen-bond acceptors (Lipinski definition) is 2. The fourth-order valence-electron chi connectivity index (χ4n) is 1.83. The molecular weight excluding hydrogens is 262 g/mol. The molecule has 0 spiro atoms. The Morgan fingerprint density at radius 1 is 1.37 bits per heavy atom. The van der Waals surface area contributed by atoms with Crippen molar-refractivity contribution in [3.05, 3.63) is 53.3 Å². The highest BCUT2D eigenvalue weighted by Crippen LogP contribution is 2.14. The van der Waals surface area contributed by atoms with Crippen LogP contribution in [-0.2, 0) is 17.9 Å². The summed E-state index contributed by atoms with van der Waals surface area (Å²) >= 11 is 5.86. The molecule has 1 aromatic heterocycles. The van der Waals surface area contributed by atoms with Gasteiger partial charge in [0.1, 0.15) is 6.54 Å². The second kappa shape index (κ2) is 6.41. The minimum Gasteiger partial charge on any atom is -0.345 e. The van der Waals surface area contributed by atoms with E-state index in [-0.39, 0.29) is 12.5 Å². The van der Waals surface area contributed by atoms with E-state index < -0.39 is 0 Å². The van der Waals surface area contributed by atoms with Crippen molar-refractivity contribution in [3.63, 3.8) is 0 Å². The lowest BCUT2D eigenvalue weighted by molar-refractivity contribution is -0.116. The number of hydrogen-bond donors (Lipinski definition) is 2. The molecule has 0 aliphatic rings. The molecule has 4 nitrogen and oxygen atoms in total. The number of benzene rings is 1. The molecule has 0 fully saturated rings. The van der Waals surface area contributed by atoms with Crippen molar-refractivity contribution in [2.45, 2.75) is 13.1 Å². The number of anilines is 1. The van der Waals surface area contributed by atoms with E-state index in [0.29, 0.717) is 10.7 Å². The molecule has 1 heterocycles. The molecule has 0 radical (unpaired) electrons. The van der Waals surface area contributed by atoms with Gasteiger partial charge in [0.25, 0.3) is 0 Å². The van der Waals surface area contributed by atoms with Crippen molar-refractivity contribution >= 4 is 23.2 Å². The van der Waals surface area contributed by atoms with Crippen molar-refractivity contribution in [1.29, 1.82) is 0 Å².